The number of anilines is 1. The van der Waals surface area contributed by atoms with Crippen LogP contribution in [0.5, 0.6) is 11.5 Å². The van der Waals surface area contributed by atoms with Crippen LogP contribution in [0.25, 0.3) is 6.08 Å². The number of aryl methyl sites for hydroxylation is 2. The highest BCUT2D eigenvalue weighted by molar-refractivity contribution is 6.02. The number of amides is 1. The molecular formula is C18H21N3O3. The number of ether oxygens (including phenoxy) is 2. The standard InChI is InChI=1S/C18H21N3O3/c1-12-15(13(2)21(3)20-12)6-8-18(22)19-14-5-7-16-17(11-14)24-10-4-9-23-16/h5-8,11H,4,9-10H2,1-3H3,(H,19,22)/b8-6+. The van der Waals surface area contributed by atoms with Gasteiger partial charge in [0.1, 0.15) is 0 Å². The molecule has 0 fully saturated rings. The number of fused-ring (bicyclic) bond motifs is 1. The number of hydrogen-bond donors (Lipinski definition) is 1. The van der Waals surface area contributed by atoms with E-state index in [-0.39, 0.29) is 5.91 Å². The number of hydrogen-bond acceptors (Lipinski definition) is 4. The van der Waals surface area contributed by atoms with Crippen LogP contribution in [0.1, 0.15) is 23.4 Å². The summed E-state index contributed by atoms with van der Waals surface area (Å²) in [6, 6.07) is 5.40. The normalized spacial score (nSPS) is 13.8. The first kappa shape index (κ1) is 16.1. The number of carbonyl (C=O) groups is 1. The molecule has 0 radical (unpaired) electrons. The highest BCUT2D eigenvalue weighted by Gasteiger charge is 2.11. The topological polar surface area (TPSA) is 65.4 Å². The maximum Gasteiger partial charge on any atom is 0.248 e. The average molecular weight is 327 g/mol. The first-order valence-corrected chi connectivity index (χ1v) is 7.93. The highest BCUT2D eigenvalue weighted by Crippen LogP contribution is 2.32. The van der Waals surface area contributed by atoms with Crippen molar-refractivity contribution >= 4 is 17.7 Å². The van der Waals surface area contributed by atoms with Crippen molar-refractivity contribution in [3.63, 3.8) is 0 Å². The molecule has 1 amide bonds. The van der Waals surface area contributed by atoms with Crippen molar-refractivity contribution in [3.05, 3.63) is 41.2 Å². The molecule has 1 aromatic heterocycles. The third kappa shape index (κ3) is 3.42. The fourth-order valence-corrected chi connectivity index (χ4v) is 2.62. The number of aromatic nitrogens is 2. The van der Waals surface area contributed by atoms with E-state index < -0.39 is 0 Å². The molecule has 24 heavy (non-hydrogen) atoms. The van der Waals surface area contributed by atoms with Crippen molar-refractivity contribution in [2.75, 3.05) is 18.5 Å². The van der Waals surface area contributed by atoms with E-state index in [0.29, 0.717) is 30.4 Å². The number of carbonyl (C=O) groups excluding carboxylic acids is 1. The Kier molecular flexibility index (Phi) is 4.55. The summed E-state index contributed by atoms with van der Waals surface area (Å²) in [5, 5.41) is 7.17. The summed E-state index contributed by atoms with van der Waals surface area (Å²) >= 11 is 0. The van der Waals surface area contributed by atoms with Crippen LogP contribution in [0.3, 0.4) is 0 Å². The zero-order valence-corrected chi connectivity index (χ0v) is 14.1. The summed E-state index contributed by atoms with van der Waals surface area (Å²) < 4.78 is 13.0. The van der Waals surface area contributed by atoms with Crippen molar-refractivity contribution in [1.82, 2.24) is 9.78 Å². The van der Waals surface area contributed by atoms with Crippen molar-refractivity contribution < 1.29 is 14.3 Å². The van der Waals surface area contributed by atoms with Gasteiger partial charge in [-0.15, -0.1) is 0 Å². The molecule has 1 aliphatic rings. The largest absolute Gasteiger partial charge is 0.490 e. The van der Waals surface area contributed by atoms with E-state index >= 15 is 0 Å². The Labute approximate surface area is 141 Å². The predicted molar refractivity (Wildman–Crippen MR) is 92.4 cm³/mol. The van der Waals surface area contributed by atoms with E-state index in [9.17, 15) is 4.79 Å². The lowest BCUT2D eigenvalue weighted by molar-refractivity contribution is -0.111. The van der Waals surface area contributed by atoms with Crippen LogP contribution in [0.2, 0.25) is 0 Å². The fraction of sp³-hybridized carbons (Fsp3) is 0.333. The fourth-order valence-electron chi connectivity index (χ4n) is 2.62. The van der Waals surface area contributed by atoms with Crippen LogP contribution in [0.15, 0.2) is 24.3 Å². The van der Waals surface area contributed by atoms with Gasteiger partial charge in [-0.1, -0.05) is 0 Å². The van der Waals surface area contributed by atoms with Crippen molar-refractivity contribution in [2.45, 2.75) is 20.3 Å². The molecule has 1 aliphatic heterocycles. The number of benzene rings is 1. The first-order chi connectivity index (χ1) is 11.5. The average Bonchev–Trinajstić information content (AvgIpc) is 2.72. The van der Waals surface area contributed by atoms with Crippen molar-refractivity contribution in [3.8, 4) is 11.5 Å². The first-order valence-electron chi connectivity index (χ1n) is 7.93. The minimum absolute atomic E-state index is 0.202. The van der Waals surface area contributed by atoms with E-state index in [0.717, 1.165) is 23.4 Å². The number of rotatable bonds is 3. The quantitative estimate of drug-likeness (QED) is 0.881. The van der Waals surface area contributed by atoms with Crippen molar-refractivity contribution in [2.24, 2.45) is 7.05 Å². The molecule has 0 saturated heterocycles. The van der Waals surface area contributed by atoms with Crippen LogP contribution >= 0.6 is 0 Å². The number of nitrogens with one attached hydrogen (secondary N) is 1. The van der Waals surface area contributed by atoms with Gasteiger partial charge in [-0.3, -0.25) is 9.48 Å². The smallest absolute Gasteiger partial charge is 0.248 e. The lowest BCUT2D eigenvalue weighted by Gasteiger charge is -2.09. The van der Waals surface area contributed by atoms with E-state index in [1.807, 2.05) is 27.0 Å². The van der Waals surface area contributed by atoms with Crippen LogP contribution in [0.4, 0.5) is 5.69 Å². The van der Waals surface area contributed by atoms with Gasteiger partial charge >= 0.3 is 0 Å². The molecule has 0 atom stereocenters. The second-order valence-corrected chi connectivity index (χ2v) is 5.74. The molecule has 126 valence electrons. The van der Waals surface area contributed by atoms with E-state index in [2.05, 4.69) is 10.4 Å². The summed E-state index contributed by atoms with van der Waals surface area (Å²) in [7, 11) is 1.89. The maximum absolute atomic E-state index is 12.2. The Balaban J connectivity index is 1.71. The molecule has 6 nitrogen and oxygen atoms in total. The lowest BCUT2D eigenvalue weighted by Crippen LogP contribution is -2.08. The molecule has 0 unspecified atom stereocenters. The molecule has 2 aromatic rings. The molecule has 3 rings (SSSR count). The zero-order chi connectivity index (χ0) is 17.1. The monoisotopic (exact) mass is 327 g/mol. The third-order valence-electron chi connectivity index (χ3n) is 3.98. The van der Waals surface area contributed by atoms with Crippen molar-refractivity contribution in [1.29, 1.82) is 0 Å². The van der Waals surface area contributed by atoms with Gasteiger partial charge in [0.05, 0.1) is 18.9 Å². The highest BCUT2D eigenvalue weighted by atomic mass is 16.5. The molecule has 6 heteroatoms. The Morgan fingerprint density at radius 1 is 1.25 bits per heavy atom. The van der Waals surface area contributed by atoms with Crippen LogP contribution in [0, 0.1) is 13.8 Å². The molecule has 0 saturated carbocycles. The lowest BCUT2D eigenvalue weighted by atomic mass is 10.2. The van der Waals surface area contributed by atoms with Crippen LogP contribution in [-0.2, 0) is 11.8 Å². The minimum atomic E-state index is -0.202. The zero-order valence-electron chi connectivity index (χ0n) is 14.1. The summed E-state index contributed by atoms with van der Waals surface area (Å²) in [5.74, 6) is 1.17. The van der Waals surface area contributed by atoms with E-state index in [4.69, 9.17) is 9.47 Å². The summed E-state index contributed by atoms with van der Waals surface area (Å²) in [6.45, 7) is 5.16. The van der Waals surface area contributed by atoms with Gasteiger partial charge in [-0.05, 0) is 32.1 Å². The Hall–Kier alpha value is -2.76. The van der Waals surface area contributed by atoms with Gasteiger partial charge in [-0.2, -0.15) is 5.10 Å². The van der Waals surface area contributed by atoms with Gasteiger partial charge in [-0.25, -0.2) is 0 Å². The van der Waals surface area contributed by atoms with Crippen LogP contribution in [-0.4, -0.2) is 28.9 Å². The molecule has 2 heterocycles. The predicted octanol–water partition coefficient (Wildman–Crippen LogP) is 2.85. The third-order valence-corrected chi connectivity index (χ3v) is 3.98. The molecule has 0 bridgehead atoms. The van der Waals surface area contributed by atoms with E-state index in [1.165, 1.54) is 6.08 Å². The Morgan fingerprint density at radius 3 is 2.71 bits per heavy atom. The second-order valence-electron chi connectivity index (χ2n) is 5.74. The maximum atomic E-state index is 12.2. The number of nitrogens with zero attached hydrogens (tertiary/aromatic N) is 2. The van der Waals surface area contributed by atoms with Gasteiger partial charge < -0.3 is 14.8 Å². The molecule has 1 aromatic carbocycles. The molecular weight excluding hydrogens is 306 g/mol. The summed E-state index contributed by atoms with van der Waals surface area (Å²) in [6.07, 6.45) is 4.15. The van der Waals surface area contributed by atoms with Gasteiger partial charge in [0.2, 0.25) is 5.91 Å². The van der Waals surface area contributed by atoms with Gasteiger partial charge in [0.15, 0.2) is 11.5 Å². The van der Waals surface area contributed by atoms with Crippen LogP contribution < -0.4 is 14.8 Å². The Bertz CT molecular complexity index is 793. The Morgan fingerprint density at radius 2 is 2.00 bits per heavy atom. The van der Waals surface area contributed by atoms with E-state index in [1.54, 1.807) is 22.9 Å². The molecule has 0 spiro atoms. The minimum Gasteiger partial charge on any atom is -0.490 e. The molecule has 0 aliphatic carbocycles. The van der Waals surface area contributed by atoms with Gasteiger partial charge in [0, 0.05) is 42.6 Å². The second kappa shape index (κ2) is 6.78. The summed E-state index contributed by atoms with van der Waals surface area (Å²) in [4.78, 5) is 12.2. The summed E-state index contributed by atoms with van der Waals surface area (Å²) in [5.41, 5.74) is 3.56. The molecule has 1 N–H and O–H groups in total. The van der Waals surface area contributed by atoms with Gasteiger partial charge in [0.25, 0.3) is 0 Å². The SMILES string of the molecule is Cc1nn(C)c(C)c1/C=C/C(=O)Nc1ccc2c(c1)OCCCO2.